The van der Waals surface area contributed by atoms with Crippen LogP contribution in [0.5, 0.6) is 0 Å². The van der Waals surface area contributed by atoms with Crippen LogP contribution in [0.1, 0.15) is 65.7 Å². The number of hydrogen-bond acceptors (Lipinski definition) is 10. The van der Waals surface area contributed by atoms with E-state index in [0.29, 0.717) is 19.4 Å². The third-order valence-electron chi connectivity index (χ3n) is 11.2. The quantitative estimate of drug-likeness (QED) is 0.184. The second-order valence-corrected chi connectivity index (χ2v) is 13.4. The van der Waals surface area contributed by atoms with Gasteiger partial charge in [-0.1, -0.05) is 20.8 Å². The monoisotopic (exact) mass is 573 g/mol. The molecular formula is C29H39N3O9. The number of primary amides is 1. The molecule has 0 aromatic rings. The topological polar surface area (TPSA) is 188 Å². The van der Waals surface area contributed by atoms with Gasteiger partial charge in [0.2, 0.25) is 11.8 Å². The summed E-state index contributed by atoms with van der Waals surface area (Å²) in [6.45, 7) is 6.97. The summed E-state index contributed by atoms with van der Waals surface area (Å²) >= 11 is 0. The van der Waals surface area contributed by atoms with Crippen molar-refractivity contribution in [2.24, 2.45) is 28.7 Å². The molecule has 41 heavy (non-hydrogen) atoms. The van der Waals surface area contributed by atoms with Crippen molar-refractivity contribution in [1.29, 1.82) is 0 Å². The smallest absolute Gasteiger partial charge is 0.334 e. The van der Waals surface area contributed by atoms with E-state index in [0.717, 1.165) is 24.0 Å². The second kappa shape index (κ2) is 8.75. The van der Waals surface area contributed by atoms with Gasteiger partial charge in [-0.2, -0.15) is 0 Å². The molecule has 3 saturated heterocycles. The number of ether oxygens (including phenoxy) is 5. The number of esters is 2. The Morgan fingerprint density at radius 1 is 1.15 bits per heavy atom. The van der Waals surface area contributed by atoms with Crippen LogP contribution in [0.4, 0.5) is 0 Å². The summed E-state index contributed by atoms with van der Waals surface area (Å²) in [4.78, 5) is 48.8. The van der Waals surface area contributed by atoms with E-state index in [1.165, 1.54) is 0 Å². The Morgan fingerprint density at radius 3 is 2.66 bits per heavy atom. The molecular weight excluding hydrogens is 534 g/mol. The number of amides is 2. The van der Waals surface area contributed by atoms with Crippen LogP contribution in [0.15, 0.2) is 11.1 Å². The van der Waals surface area contributed by atoms with Crippen molar-refractivity contribution in [2.75, 3.05) is 13.2 Å². The number of hydrogen-bond donors (Lipinski definition) is 3. The zero-order chi connectivity index (χ0) is 29.1. The Kier molecular flexibility index (Phi) is 5.82. The van der Waals surface area contributed by atoms with Gasteiger partial charge in [-0.25, -0.2) is 4.79 Å². The predicted octanol–water partition coefficient (Wildman–Crippen LogP) is 0.143. The molecule has 5 N–H and O–H groups in total. The fourth-order valence-corrected chi connectivity index (χ4v) is 9.04. The van der Waals surface area contributed by atoms with E-state index < -0.39 is 40.8 Å². The Bertz CT molecular complexity index is 1270. The van der Waals surface area contributed by atoms with Gasteiger partial charge in [0.25, 0.3) is 0 Å². The summed E-state index contributed by atoms with van der Waals surface area (Å²) in [5.74, 6) is -1.32. The number of fused-ring (bicyclic) bond motifs is 4. The highest BCUT2D eigenvalue weighted by atomic mass is 16.8. The molecule has 12 heteroatoms. The first-order valence-electron chi connectivity index (χ1n) is 14.9. The minimum Gasteiger partial charge on any atom is -0.458 e. The van der Waals surface area contributed by atoms with Gasteiger partial charge in [-0.3, -0.25) is 14.4 Å². The molecule has 0 radical (unpaired) electrons. The lowest BCUT2D eigenvalue weighted by Gasteiger charge is -2.53. The van der Waals surface area contributed by atoms with Crippen LogP contribution in [0.3, 0.4) is 0 Å². The number of epoxide rings is 3. The first kappa shape index (κ1) is 27.3. The normalized spacial score (nSPS) is 44.7. The molecule has 7 rings (SSSR count). The second-order valence-electron chi connectivity index (χ2n) is 13.4. The summed E-state index contributed by atoms with van der Waals surface area (Å²) in [5.41, 5.74) is 10.4. The van der Waals surface area contributed by atoms with Gasteiger partial charge in [-0.05, 0) is 49.5 Å². The standard InChI is InChI=1S/C29H39N3O9/c1-13(2)27-21(40-27)22-29(41-22)26(3)9-8-14-15(12-37-24(14)36)16(26)11-18-28(29,39-18)25(27)38-20(34)5-4-10-32-23(35)17(30)6-7-19(31)33/h13,16-18,21-22,25H,4-12,30H2,1-3H3,(H2,31,33)(H,32,35)/t16?,17-,18-,21-,22-,25+,26-,27-,28+,29+/m0/s1. The van der Waals surface area contributed by atoms with Gasteiger partial charge in [0, 0.05) is 30.4 Å². The third-order valence-corrected chi connectivity index (χ3v) is 11.2. The predicted molar refractivity (Wildman–Crippen MR) is 140 cm³/mol. The Labute approximate surface area is 238 Å². The summed E-state index contributed by atoms with van der Waals surface area (Å²) in [6.07, 6.45) is 1.66. The number of cyclic esters (lactones) is 1. The maximum atomic E-state index is 13.3. The minimum atomic E-state index is -0.839. The molecule has 0 aromatic carbocycles. The van der Waals surface area contributed by atoms with Crippen molar-refractivity contribution in [2.45, 2.75) is 113 Å². The highest BCUT2D eigenvalue weighted by Crippen LogP contribution is 2.83. The third kappa shape index (κ3) is 3.41. The van der Waals surface area contributed by atoms with Crippen molar-refractivity contribution < 1.29 is 42.9 Å². The maximum Gasteiger partial charge on any atom is 0.334 e. The molecule has 7 aliphatic rings. The van der Waals surface area contributed by atoms with E-state index in [-0.39, 0.29) is 73.3 Å². The molecule has 1 unspecified atom stereocenters. The van der Waals surface area contributed by atoms with Crippen LogP contribution in [-0.2, 0) is 42.9 Å². The molecule has 12 nitrogen and oxygen atoms in total. The number of carbonyl (C=O) groups excluding carboxylic acids is 4. The average molecular weight is 574 g/mol. The van der Waals surface area contributed by atoms with Gasteiger partial charge in [-0.15, -0.1) is 0 Å². The molecule has 10 atom stereocenters. The highest BCUT2D eigenvalue weighted by Gasteiger charge is 3.01. The minimum absolute atomic E-state index is 0.0320. The van der Waals surface area contributed by atoms with Crippen LogP contribution < -0.4 is 16.8 Å². The number of rotatable bonds is 10. The molecule has 4 aliphatic heterocycles. The van der Waals surface area contributed by atoms with Crippen LogP contribution >= 0.6 is 0 Å². The molecule has 224 valence electrons. The van der Waals surface area contributed by atoms with Gasteiger partial charge in [0.05, 0.1) is 12.1 Å². The van der Waals surface area contributed by atoms with Crippen LogP contribution in [0, 0.1) is 17.3 Å². The first-order chi connectivity index (χ1) is 19.4. The lowest BCUT2D eigenvalue weighted by atomic mass is 9.46. The first-order valence-corrected chi connectivity index (χ1v) is 14.9. The zero-order valence-electron chi connectivity index (χ0n) is 23.7. The summed E-state index contributed by atoms with van der Waals surface area (Å²) in [6, 6.07) is -0.839. The van der Waals surface area contributed by atoms with E-state index in [4.69, 9.17) is 35.2 Å². The zero-order valence-corrected chi connectivity index (χ0v) is 23.7. The molecule has 2 amide bonds. The molecule has 0 aromatic heterocycles. The fraction of sp³-hybridized carbons (Fsp3) is 0.793. The van der Waals surface area contributed by atoms with Crippen molar-refractivity contribution in [1.82, 2.24) is 5.32 Å². The van der Waals surface area contributed by atoms with Crippen LogP contribution in [0.2, 0.25) is 0 Å². The number of nitrogens with two attached hydrogens (primary N) is 2. The lowest BCUT2D eigenvalue weighted by molar-refractivity contribution is -0.169. The summed E-state index contributed by atoms with van der Waals surface area (Å²) in [7, 11) is 0. The summed E-state index contributed by atoms with van der Waals surface area (Å²) < 4.78 is 31.5. The Balaban J connectivity index is 1.07. The van der Waals surface area contributed by atoms with E-state index in [9.17, 15) is 19.2 Å². The van der Waals surface area contributed by atoms with Crippen LogP contribution in [-0.4, -0.2) is 84.2 Å². The van der Waals surface area contributed by atoms with E-state index >= 15 is 0 Å². The van der Waals surface area contributed by atoms with Crippen molar-refractivity contribution in [3.05, 3.63) is 11.1 Å². The highest BCUT2D eigenvalue weighted by molar-refractivity contribution is 5.92. The van der Waals surface area contributed by atoms with Gasteiger partial charge < -0.3 is 40.5 Å². The van der Waals surface area contributed by atoms with Crippen molar-refractivity contribution in [3.8, 4) is 0 Å². The van der Waals surface area contributed by atoms with Crippen molar-refractivity contribution >= 4 is 23.8 Å². The van der Waals surface area contributed by atoms with E-state index in [1.54, 1.807) is 0 Å². The molecule has 3 aliphatic carbocycles. The van der Waals surface area contributed by atoms with Gasteiger partial charge >= 0.3 is 11.9 Å². The number of carbonyl (C=O) groups is 4. The maximum absolute atomic E-state index is 13.3. The molecule has 2 spiro atoms. The molecule has 4 heterocycles. The Morgan fingerprint density at radius 2 is 1.93 bits per heavy atom. The van der Waals surface area contributed by atoms with E-state index in [1.807, 2.05) is 0 Å². The SMILES string of the molecule is CC(C)[C@]12O[C@H]1[C@@H]1O[C@]13[C@]1(O[C@H]1CC1C4=C(CC[C@@]13C)C(=O)OC4)[C@@H]2OC(=O)CCCNC(=O)[C@@H](N)CCC(N)=O. The molecule has 0 bridgehead atoms. The average Bonchev–Trinajstić information content (AvgIpc) is 3.83. The number of nitrogens with one attached hydrogen (secondary N) is 1. The van der Waals surface area contributed by atoms with Crippen LogP contribution in [0.25, 0.3) is 0 Å². The van der Waals surface area contributed by atoms with Gasteiger partial charge in [0.15, 0.2) is 11.7 Å². The largest absolute Gasteiger partial charge is 0.458 e. The summed E-state index contributed by atoms with van der Waals surface area (Å²) in [5, 5.41) is 2.71. The van der Waals surface area contributed by atoms with E-state index in [2.05, 4.69) is 26.1 Å². The molecule has 5 fully saturated rings. The molecule has 2 saturated carbocycles. The van der Waals surface area contributed by atoms with Crippen molar-refractivity contribution in [3.63, 3.8) is 0 Å². The van der Waals surface area contributed by atoms with Gasteiger partial charge in [0.1, 0.15) is 30.0 Å². The fourth-order valence-electron chi connectivity index (χ4n) is 9.04. The lowest BCUT2D eigenvalue weighted by Crippen LogP contribution is -2.70. The Hall–Kier alpha value is -2.54.